The van der Waals surface area contributed by atoms with Gasteiger partial charge in [-0.3, -0.25) is 0 Å². The maximum absolute atomic E-state index is 3.72. The van der Waals surface area contributed by atoms with E-state index in [4.69, 9.17) is 0 Å². The van der Waals surface area contributed by atoms with E-state index in [2.05, 4.69) is 19.2 Å². The summed E-state index contributed by atoms with van der Waals surface area (Å²) >= 11 is 0. The minimum absolute atomic E-state index is 0.727. The van der Waals surface area contributed by atoms with Crippen LogP contribution in [0.3, 0.4) is 0 Å². The molecule has 2 rings (SSSR count). The van der Waals surface area contributed by atoms with Crippen molar-refractivity contribution in [2.24, 2.45) is 5.92 Å². The molecule has 0 heterocycles. The van der Waals surface area contributed by atoms with Gasteiger partial charge >= 0.3 is 0 Å². The summed E-state index contributed by atoms with van der Waals surface area (Å²) in [6, 6.07) is 0.727. The molecule has 0 aliphatic heterocycles. The topological polar surface area (TPSA) is 12.0 Å². The summed E-state index contributed by atoms with van der Waals surface area (Å²) in [6.45, 7) is 5.80. The predicted molar refractivity (Wildman–Crippen MR) is 61.4 cm³/mol. The maximum atomic E-state index is 3.72. The molecular weight excluding hydrogens is 170 g/mol. The SMILES string of the molecule is CCCNC(C(C)=C1CCC1)C1CC1. The summed E-state index contributed by atoms with van der Waals surface area (Å²) in [5.41, 5.74) is 3.44. The van der Waals surface area contributed by atoms with Crippen molar-refractivity contribution in [3.8, 4) is 0 Å². The third-order valence-electron chi connectivity index (χ3n) is 3.69. The molecule has 14 heavy (non-hydrogen) atoms. The second-order valence-electron chi connectivity index (χ2n) is 4.91. The Morgan fingerprint density at radius 2 is 2.14 bits per heavy atom. The van der Waals surface area contributed by atoms with Gasteiger partial charge in [-0.2, -0.15) is 0 Å². The lowest BCUT2D eigenvalue weighted by molar-refractivity contribution is 0.498. The molecule has 0 spiro atoms. The van der Waals surface area contributed by atoms with Crippen LogP contribution < -0.4 is 5.32 Å². The summed E-state index contributed by atoms with van der Waals surface area (Å²) < 4.78 is 0. The van der Waals surface area contributed by atoms with Gasteiger partial charge in [0.05, 0.1) is 0 Å². The summed E-state index contributed by atoms with van der Waals surface area (Å²) in [5, 5.41) is 3.72. The van der Waals surface area contributed by atoms with Crippen LogP contribution in [0.2, 0.25) is 0 Å². The summed E-state index contributed by atoms with van der Waals surface area (Å²) in [5.74, 6) is 0.967. The van der Waals surface area contributed by atoms with Crippen LogP contribution in [0.1, 0.15) is 52.4 Å². The van der Waals surface area contributed by atoms with Crippen molar-refractivity contribution in [1.29, 1.82) is 0 Å². The van der Waals surface area contributed by atoms with Crippen LogP contribution in [-0.4, -0.2) is 12.6 Å². The first kappa shape index (κ1) is 10.2. The number of rotatable bonds is 5. The molecule has 2 fully saturated rings. The van der Waals surface area contributed by atoms with Gasteiger partial charge in [-0.15, -0.1) is 0 Å². The monoisotopic (exact) mass is 193 g/mol. The fourth-order valence-electron chi connectivity index (χ4n) is 2.37. The van der Waals surface area contributed by atoms with E-state index in [1.54, 1.807) is 11.1 Å². The lowest BCUT2D eigenvalue weighted by Crippen LogP contribution is -2.34. The van der Waals surface area contributed by atoms with E-state index in [0.29, 0.717) is 0 Å². The molecule has 1 N–H and O–H groups in total. The first-order valence-corrected chi connectivity index (χ1v) is 6.24. The quantitative estimate of drug-likeness (QED) is 0.661. The van der Waals surface area contributed by atoms with Gasteiger partial charge in [0.25, 0.3) is 0 Å². The minimum atomic E-state index is 0.727. The zero-order chi connectivity index (χ0) is 9.97. The molecule has 1 atom stereocenters. The first-order chi connectivity index (χ1) is 6.83. The van der Waals surface area contributed by atoms with Crippen molar-refractivity contribution >= 4 is 0 Å². The zero-order valence-corrected chi connectivity index (χ0v) is 9.60. The van der Waals surface area contributed by atoms with Crippen LogP contribution in [0, 0.1) is 5.92 Å². The third-order valence-corrected chi connectivity index (χ3v) is 3.69. The number of allylic oxidation sites excluding steroid dienone is 1. The van der Waals surface area contributed by atoms with Crippen LogP contribution in [0.15, 0.2) is 11.1 Å². The summed E-state index contributed by atoms with van der Waals surface area (Å²) in [7, 11) is 0. The average molecular weight is 193 g/mol. The van der Waals surface area contributed by atoms with Crippen LogP contribution in [0.4, 0.5) is 0 Å². The molecule has 0 bridgehead atoms. The Kier molecular flexibility index (Phi) is 3.27. The van der Waals surface area contributed by atoms with E-state index in [1.807, 2.05) is 0 Å². The highest BCUT2D eigenvalue weighted by atomic mass is 14.9. The molecule has 0 aromatic rings. The Morgan fingerprint density at radius 1 is 1.43 bits per heavy atom. The van der Waals surface area contributed by atoms with Crippen molar-refractivity contribution in [2.45, 2.75) is 58.4 Å². The van der Waals surface area contributed by atoms with E-state index < -0.39 is 0 Å². The molecule has 2 aliphatic carbocycles. The molecule has 1 unspecified atom stereocenters. The van der Waals surface area contributed by atoms with E-state index in [-0.39, 0.29) is 0 Å². The fourth-order valence-corrected chi connectivity index (χ4v) is 2.37. The molecule has 0 saturated heterocycles. The average Bonchev–Trinajstić information content (AvgIpc) is 2.85. The van der Waals surface area contributed by atoms with Gasteiger partial charge in [-0.1, -0.05) is 18.1 Å². The van der Waals surface area contributed by atoms with Crippen molar-refractivity contribution in [1.82, 2.24) is 5.32 Å². The smallest absolute Gasteiger partial charge is 0.0307 e. The van der Waals surface area contributed by atoms with Crippen molar-refractivity contribution in [3.05, 3.63) is 11.1 Å². The largest absolute Gasteiger partial charge is 0.310 e. The molecule has 2 saturated carbocycles. The number of hydrogen-bond acceptors (Lipinski definition) is 1. The normalized spacial score (nSPS) is 23.1. The van der Waals surface area contributed by atoms with E-state index in [9.17, 15) is 0 Å². The zero-order valence-electron chi connectivity index (χ0n) is 9.60. The van der Waals surface area contributed by atoms with Gasteiger partial charge < -0.3 is 5.32 Å². The van der Waals surface area contributed by atoms with Gasteiger partial charge in [0.1, 0.15) is 0 Å². The Balaban J connectivity index is 1.94. The fraction of sp³-hybridized carbons (Fsp3) is 0.846. The van der Waals surface area contributed by atoms with E-state index in [0.717, 1.165) is 12.0 Å². The third kappa shape index (κ3) is 2.20. The molecule has 0 aromatic carbocycles. The Labute approximate surface area is 88.0 Å². The molecule has 80 valence electrons. The number of hydrogen-bond donors (Lipinski definition) is 1. The molecule has 0 aromatic heterocycles. The Hall–Kier alpha value is -0.300. The lowest BCUT2D eigenvalue weighted by Gasteiger charge is -2.27. The minimum Gasteiger partial charge on any atom is -0.310 e. The second-order valence-corrected chi connectivity index (χ2v) is 4.91. The maximum Gasteiger partial charge on any atom is 0.0307 e. The molecule has 1 heteroatoms. The van der Waals surface area contributed by atoms with Crippen LogP contribution in [0.5, 0.6) is 0 Å². The van der Waals surface area contributed by atoms with E-state index in [1.165, 1.54) is 45.1 Å². The van der Waals surface area contributed by atoms with Gasteiger partial charge in [0, 0.05) is 6.04 Å². The van der Waals surface area contributed by atoms with Gasteiger partial charge in [-0.25, -0.2) is 0 Å². The summed E-state index contributed by atoms with van der Waals surface area (Å²) in [6.07, 6.45) is 8.34. The second kappa shape index (κ2) is 4.48. The van der Waals surface area contributed by atoms with Crippen LogP contribution in [0.25, 0.3) is 0 Å². The number of nitrogens with one attached hydrogen (secondary N) is 1. The molecule has 0 amide bonds. The van der Waals surface area contributed by atoms with Crippen molar-refractivity contribution in [3.63, 3.8) is 0 Å². The summed E-state index contributed by atoms with van der Waals surface area (Å²) in [4.78, 5) is 0. The van der Waals surface area contributed by atoms with Gasteiger partial charge in [0.15, 0.2) is 0 Å². The van der Waals surface area contributed by atoms with Crippen molar-refractivity contribution in [2.75, 3.05) is 6.54 Å². The first-order valence-electron chi connectivity index (χ1n) is 6.24. The van der Waals surface area contributed by atoms with Crippen LogP contribution in [-0.2, 0) is 0 Å². The molecular formula is C13H23N. The Bertz CT molecular complexity index is 219. The standard InChI is InChI=1S/C13H23N/c1-3-9-14-13(12-7-8-12)10(2)11-5-4-6-11/h12-14H,3-9H2,1-2H3. The molecule has 0 radical (unpaired) electrons. The molecule has 1 nitrogen and oxygen atoms in total. The highest BCUT2D eigenvalue weighted by Gasteiger charge is 2.33. The van der Waals surface area contributed by atoms with Gasteiger partial charge in [0.2, 0.25) is 0 Å². The predicted octanol–water partition coefficient (Wildman–Crippen LogP) is 3.27. The van der Waals surface area contributed by atoms with Crippen molar-refractivity contribution < 1.29 is 0 Å². The van der Waals surface area contributed by atoms with E-state index >= 15 is 0 Å². The van der Waals surface area contributed by atoms with Crippen LogP contribution >= 0.6 is 0 Å². The Morgan fingerprint density at radius 3 is 2.57 bits per heavy atom. The highest BCUT2D eigenvalue weighted by Crippen LogP contribution is 2.39. The van der Waals surface area contributed by atoms with Gasteiger partial charge in [-0.05, 0) is 57.9 Å². The lowest BCUT2D eigenvalue weighted by atomic mass is 9.85. The molecule has 2 aliphatic rings. The highest BCUT2D eigenvalue weighted by molar-refractivity contribution is 5.24.